The molecule has 1 aromatic heterocycles. The highest BCUT2D eigenvalue weighted by molar-refractivity contribution is 6.08. The number of aromatic nitrogens is 1. The van der Waals surface area contributed by atoms with E-state index < -0.39 is 0 Å². The molecular weight excluding hydrogens is 264 g/mol. The van der Waals surface area contributed by atoms with Gasteiger partial charge in [-0.05, 0) is 29.0 Å². The number of hydrogen-bond donors (Lipinski definition) is 3. The number of rotatable bonds is 3. The molecule has 0 unspecified atom stereocenters. The van der Waals surface area contributed by atoms with Crippen LogP contribution in [0.4, 0.5) is 11.4 Å². The van der Waals surface area contributed by atoms with E-state index in [2.05, 4.69) is 15.7 Å². The summed E-state index contributed by atoms with van der Waals surface area (Å²) in [5.41, 5.74) is 4.13. The third kappa shape index (κ3) is 2.68. The summed E-state index contributed by atoms with van der Waals surface area (Å²) in [5.74, 6) is 5.15. The summed E-state index contributed by atoms with van der Waals surface area (Å²) < 4.78 is 0. The number of benzene rings is 2. The summed E-state index contributed by atoms with van der Waals surface area (Å²) in [7, 11) is 0. The molecule has 0 fully saturated rings. The molecule has 0 spiro atoms. The number of nitrogens with one attached hydrogen (secondary N) is 2. The van der Waals surface area contributed by atoms with E-state index in [4.69, 9.17) is 5.84 Å². The minimum absolute atomic E-state index is 0.236. The average molecular weight is 278 g/mol. The number of carbonyl (C=O) groups is 1. The van der Waals surface area contributed by atoms with Crippen molar-refractivity contribution in [2.24, 2.45) is 5.84 Å². The van der Waals surface area contributed by atoms with E-state index in [0.717, 1.165) is 16.5 Å². The Morgan fingerprint density at radius 2 is 1.86 bits per heavy atom. The van der Waals surface area contributed by atoms with Gasteiger partial charge in [0.25, 0.3) is 5.91 Å². The smallest absolute Gasteiger partial charge is 0.257 e. The summed E-state index contributed by atoms with van der Waals surface area (Å²) in [6.07, 6.45) is 3.06. The van der Waals surface area contributed by atoms with E-state index >= 15 is 0 Å². The van der Waals surface area contributed by atoms with Crippen LogP contribution in [-0.2, 0) is 0 Å². The molecule has 104 valence electrons. The Morgan fingerprint density at radius 3 is 2.67 bits per heavy atom. The van der Waals surface area contributed by atoms with Crippen molar-refractivity contribution >= 4 is 28.1 Å². The second-order valence-electron chi connectivity index (χ2n) is 4.58. The van der Waals surface area contributed by atoms with Crippen LogP contribution in [0.15, 0.2) is 60.9 Å². The van der Waals surface area contributed by atoms with E-state index in [1.54, 1.807) is 12.3 Å². The van der Waals surface area contributed by atoms with Gasteiger partial charge in [0, 0.05) is 11.9 Å². The van der Waals surface area contributed by atoms with Crippen molar-refractivity contribution in [2.75, 3.05) is 10.7 Å². The van der Waals surface area contributed by atoms with Crippen LogP contribution in [0.25, 0.3) is 10.8 Å². The molecular formula is C16H14N4O. The SMILES string of the molecule is NNc1cnccc1C(=O)Nc1ccc2ccccc2c1. The normalized spacial score (nSPS) is 10.3. The van der Waals surface area contributed by atoms with Gasteiger partial charge < -0.3 is 10.7 Å². The molecule has 5 heteroatoms. The van der Waals surface area contributed by atoms with Gasteiger partial charge in [-0.25, -0.2) is 0 Å². The van der Waals surface area contributed by atoms with Crippen molar-refractivity contribution < 1.29 is 4.79 Å². The van der Waals surface area contributed by atoms with E-state index in [1.807, 2.05) is 42.5 Å². The Kier molecular flexibility index (Phi) is 3.49. The van der Waals surface area contributed by atoms with Crippen LogP contribution in [0, 0.1) is 0 Å². The first kappa shape index (κ1) is 13.1. The number of nitrogen functional groups attached to an aromatic ring is 1. The minimum Gasteiger partial charge on any atom is -0.322 e. The van der Waals surface area contributed by atoms with Crippen molar-refractivity contribution in [3.05, 3.63) is 66.5 Å². The molecule has 21 heavy (non-hydrogen) atoms. The van der Waals surface area contributed by atoms with E-state index in [9.17, 15) is 4.79 Å². The van der Waals surface area contributed by atoms with Crippen LogP contribution < -0.4 is 16.6 Å². The lowest BCUT2D eigenvalue weighted by Gasteiger charge is -2.09. The van der Waals surface area contributed by atoms with Gasteiger partial charge in [-0.1, -0.05) is 30.3 Å². The topological polar surface area (TPSA) is 80.0 Å². The summed E-state index contributed by atoms with van der Waals surface area (Å²) in [6, 6.07) is 15.4. The monoisotopic (exact) mass is 278 g/mol. The van der Waals surface area contributed by atoms with Gasteiger partial charge in [0.15, 0.2) is 0 Å². The molecule has 3 aromatic rings. The van der Waals surface area contributed by atoms with Crippen LogP contribution >= 0.6 is 0 Å². The van der Waals surface area contributed by atoms with Crippen molar-refractivity contribution in [3.8, 4) is 0 Å². The molecule has 0 saturated carbocycles. The predicted octanol–water partition coefficient (Wildman–Crippen LogP) is 2.77. The molecule has 3 rings (SSSR count). The van der Waals surface area contributed by atoms with Crippen LogP contribution in [0.2, 0.25) is 0 Å². The van der Waals surface area contributed by atoms with Gasteiger partial charge in [0.05, 0.1) is 17.4 Å². The standard InChI is InChI=1S/C16H14N4O/c17-20-15-10-18-8-7-14(15)16(21)19-13-6-5-11-3-1-2-4-12(11)9-13/h1-10,20H,17H2,(H,19,21). The summed E-state index contributed by atoms with van der Waals surface area (Å²) >= 11 is 0. The number of pyridine rings is 1. The van der Waals surface area contributed by atoms with Crippen LogP contribution in [0.3, 0.4) is 0 Å². The molecule has 5 nitrogen and oxygen atoms in total. The zero-order valence-electron chi connectivity index (χ0n) is 11.2. The zero-order chi connectivity index (χ0) is 14.7. The van der Waals surface area contributed by atoms with Gasteiger partial charge in [-0.15, -0.1) is 0 Å². The van der Waals surface area contributed by atoms with Crippen LogP contribution in [0.5, 0.6) is 0 Å². The fourth-order valence-electron chi connectivity index (χ4n) is 2.17. The Morgan fingerprint density at radius 1 is 1.05 bits per heavy atom. The molecule has 1 heterocycles. The van der Waals surface area contributed by atoms with Gasteiger partial charge in [-0.3, -0.25) is 15.6 Å². The highest BCUT2D eigenvalue weighted by Crippen LogP contribution is 2.20. The highest BCUT2D eigenvalue weighted by atomic mass is 16.1. The molecule has 0 bridgehead atoms. The van der Waals surface area contributed by atoms with Gasteiger partial charge in [-0.2, -0.15) is 0 Å². The van der Waals surface area contributed by atoms with E-state index in [0.29, 0.717) is 11.3 Å². The maximum Gasteiger partial charge on any atom is 0.257 e. The molecule has 0 aliphatic rings. The lowest BCUT2D eigenvalue weighted by molar-refractivity contribution is 0.102. The lowest BCUT2D eigenvalue weighted by atomic mass is 10.1. The quantitative estimate of drug-likeness (QED) is 0.508. The van der Waals surface area contributed by atoms with Crippen molar-refractivity contribution in [3.63, 3.8) is 0 Å². The van der Waals surface area contributed by atoms with Crippen LogP contribution in [0.1, 0.15) is 10.4 Å². The van der Waals surface area contributed by atoms with Crippen molar-refractivity contribution in [1.29, 1.82) is 0 Å². The fourth-order valence-corrected chi connectivity index (χ4v) is 2.17. The molecule has 4 N–H and O–H groups in total. The Labute approximate surface area is 121 Å². The fraction of sp³-hybridized carbons (Fsp3) is 0. The first-order valence-corrected chi connectivity index (χ1v) is 6.49. The third-order valence-corrected chi connectivity index (χ3v) is 3.23. The van der Waals surface area contributed by atoms with Gasteiger partial charge >= 0.3 is 0 Å². The Balaban J connectivity index is 1.89. The zero-order valence-corrected chi connectivity index (χ0v) is 11.2. The number of nitrogens with two attached hydrogens (primary N) is 1. The summed E-state index contributed by atoms with van der Waals surface area (Å²) in [4.78, 5) is 16.2. The number of amides is 1. The molecule has 0 aliphatic heterocycles. The lowest BCUT2D eigenvalue weighted by Crippen LogP contribution is -2.17. The van der Waals surface area contributed by atoms with Crippen LogP contribution in [-0.4, -0.2) is 10.9 Å². The molecule has 0 radical (unpaired) electrons. The number of nitrogens with zero attached hydrogens (tertiary/aromatic N) is 1. The number of hydrogen-bond acceptors (Lipinski definition) is 4. The predicted molar refractivity (Wildman–Crippen MR) is 83.9 cm³/mol. The third-order valence-electron chi connectivity index (χ3n) is 3.23. The summed E-state index contributed by atoms with van der Waals surface area (Å²) in [6.45, 7) is 0. The van der Waals surface area contributed by atoms with Crippen molar-refractivity contribution in [1.82, 2.24) is 4.98 Å². The highest BCUT2D eigenvalue weighted by Gasteiger charge is 2.11. The second kappa shape index (κ2) is 5.60. The molecule has 0 aliphatic carbocycles. The van der Waals surface area contributed by atoms with Gasteiger partial charge in [0.1, 0.15) is 0 Å². The van der Waals surface area contributed by atoms with E-state index in [1.165, 1.54) is 6.20 Å². The molecule has 2 aromatic carbocycles. The van der Waals surface area contributed by atoms with Gasteiger partial charge in [0.2, 0.25) is 0 Å². The molecule has 0 atom stereocenters. The maximum atomic E-state index is 12.3. The van der Waals surface area contributed by atoms with E-state index in [-0.39, 0.29) is 5.91 Å². The summed E-state index contributed by atoms with van der Waals surface area (Å²) in [5, 5.41) is 5.06. The molecule has 1 amide bonds. The molecule has 0 saturated heterocycles. The number of anilines is 2. The Hall–Kier alpha value is -2.92. The Bertz CT molecular complexity index is 801. The average Bonchev–Trinajstić information content (AvgIpc) is 2.54. The largest absolute Gasteiger partial charge is 0.322 e. The maximum absolute atomic E-state index is 12.3. The number of hydrazine groups is 1. The number of fused-ring (bicyclic) bond motifs is 1. The first-order chi connectivity index (χ1) is 10.3. The first-order valence-electron chi connectivity index (χ1n) is 6.49. The minimum atomic E-state index is -0.236. The second-order valence-corrected chi connectivity index (χ2v) is 4.58. The number of carbonyl (C=O) groups excluding carboxylic acids is 1. The van der Waals surface area contributed by atoms with Crippen molar-refractivity contribution in [2.45, 2.75) is 0 Å².